The van der Waals surface area contributed by atoms with Gasteiger partial charge in [0, 0.05) is 12.8 Å². The Morgan fingerprint density at radius 2 is 0.760 bits per heavy atom. The number of phosphoric acid groups is 1. The van der Waals surface area contributed by atoms with Crippen LogP contribution in [0.15, 0.2) is 109 Å². The van der Waals surface area contributed by atoms with Crippen LogP contribution in [0.2, 0.25) is 0 Å². The second kappa shape index (κ2) is 55.4. The van der Waals surface area contributed by atoms with Gasteiger partial charge in [0.05, 0.1) is 27.7 Å². The Kier molecular flexibility index (Phi) is 53.0. The molecule has 10 heteroatoms. The Hall–Kier alpha value is -3.33. The van der Waals surface area contributed by atoms with Gasteiger partial charge in [-0.3, -0.25) is 18.6 Å². The van der Waals surface area contributed by atoms with Crippen LogP contribution in [-0.2, 0) is 32.7 Å². The number of hydrogen-bond donors (Lipinski definition) is 1. The SMILES string of the molecule is CC/C=C\C/C=C\C/C=C\C/C=C\C/C=C\C/C=C\C/C=C\C/C=C\C/C=C\CCCCCCCCCCCCCCCC(=O)OC(COC(=O)CCCCCCCCCCCC)COP(=O)(O)OCC[N+](C)(C)C. The molecule has 0 aromatic heterocycles. The van der Waals surface area contributed by atoms with E-state index in [1.54, 1.807) is 0 Å². The summed E-state index contributed by atoms with van der Waals surface area (Å²) in [6, 6.07) is 0. The lowest BCUT2D eigenvalue weighted by Crippen LogP contribution is -2.37. The molecule has 0 saturated heterocycles. The molecule has 0 aliphatic rings. The highest BCUT2D eigenvalue weighted by molar-refractivity contribution is 7.47. The van der Waals surface area contributed by atoms with Gasteiger partial charge in [-0.1, -0.05) is 252 Å². The number of hydrogen-bond acceptors (Lipinski definition) is 7. The smallest absolute Gasteiger partial charge is 0.462 e. The molecule has 0 aromatic rings. The number of nitrogens with zero attached hydrogens (tertiary/aromatic N) is 1. The van der Waals surface area contributed by atoms with Crippen LogP contribution in [0.1, 0.15) is 239 Å². The molecule has 1 N–H and O–H groups in total. The van der Waals surface area contributed by atoms with Crippen molar-refractivity contribution in [2.45, 2.75) is 245 Å². The quantitative estimate of drug-likeness (QED) is 0.0211. The number of carbonyl (C=O) groups is 2. The molecule has 9 nitrogen and oxygen atoms in total. The van der Waals surface area contributed by atoms with E-state index in [1.165, 1.54) is 109 Å². The van der Waals surface area contributed by atoms with Crippen LogP contribution < -0.4 is 0 Å². The Morgan fingerprint density at radius 1 is 0.427 bits per heavy atom. The molecule has 0 aromatic carbocycles. The van der Waals surface area contributed by atoms with Crippen molar-refractivity contribution in [2.75, 3.05) is 47.5 Å². The third kappa shape index (κ3) is 59.8. The van der Waals surface area contributed by atoms with E-state index in [0.717, 1.165) is 96.3 Å². The third-order valence-electron chi connectivity index (χ3n) is 12.6. The van der Waals surface area contributed by atoms with Gasteiger partial charge in [-0.05, 0) is 83.5 Å². The zero-order chi connectivity index (χ0) is 54.9. The molecule has 0 saturated carbocycles. The number of quaternary nitrogens is 1. The van der Waals surface area contributed by atoms with Crippen LogP contribution in [0.5, 0.6) is 0 Å². The van der Waals surface area contributed by atoms with E-state index in [9.17, 15) is 19.0 Å². The molecule has 430 valence electrons. The zero-order valence-corrected chi connectivity index (χ0v) is 49.6. The van der Waals surface area contributed by atoms with Gasteiger partial charge in [0.2, 0.25) is 0 Å². The van der Waals surface area contributed by atoms with E-state index in [0.29, 0.717) is 17.4 Å². The summed E-state index contributed by atoms with van der Waals surface area (Å²) < 4.78 is 34.4. The Labute approximate surface area is 461 Å². The van der Waals surface area contributed by atoms with Crippen LogP contribution in [-0.4, -0.2) is 74.9 Å². The number of unbranched alkanes of at least 4 members (excludes halogenated alkanes) is 22. The van der Waals surface area contributed by atoms with E-state index in [-0.39, 0.29) is 32.0 Å². The average Bonchev–Trinajstić information content (AvgIpc) is 3.37. The monoisotopic (exact) mass is 1070 g/mol. The fourth-order valence-electron chi connectivity index (χ4n) is 7.95. The average molecular weight is 1070 g/mol. The second-order valence-electron chi connectivity index (χ2n) is 21.0. The van der Waals surface area contributed by atoms with E-state index in [2.05, 4.69) is 123 Å². The number of rotatable bonds is 54. The minimum absolute atomic E-state index is 0.0293. The maximum absolute atomic E-state index is 12.8. The van der Waals surface area contributed by atoms with Crippen molar-refractivity contribution >= 4 is 19.8 Å². The van der Waals surface area contributed by atoms with Crippen molar-refractivity contribution in [3.05, 3.63) is 109 Å². The van der Waals surface area contributed by atoms with Crippen LogP contribution >= 0.6 is 7.82 Å². The summed E-state index contributed by atoms with van der Waals surface area (Å²) in [5.74, 6) is -0.801. The molecule has 0 aliphatic carbocycles. The first kappa shape index (κ1) is 71.7. The number of phosphoric ester groups is 1. The van der Waals surface area contributed by atoms with Crippen molar-refractivity contribution in [3.63, 3.8) is 0 Å². The first-order chi connectivity index (χ1) is 36.5. The van der Waals surface area contributed by atoms with E-state index < -0.39 is 26.5 Å². The minimum atomic E-state index is -4.38. The van der Waals surface area contributed by atoms with Crippen molar-refractivity contribution in [1.82, 2.24) is 0 Å². The summed E-state index contributed by atoms with van der Waals surface area (Å²) in [6.45, 7) is 4.30. The van der Waals surface area contributed by atoms with Crippen molar-refractivity contribution in [2.24, 2.45) is 0 Å². The van der Waals surface area contributed by atoms with E-state index in [4.69, 9.17) is 18.5 Å². The molecule has 75 heavy (non-hydrogen) atoms. The van der Waals surface area contributed by atoms with Gasteiger partial charge < -0.3 is 18.9 Å². The standard InChI is InChI=1S/C65H112NO8P/c1-6-8-10-12-14-16-18-19-20-21-22-23-24-25-26-27-28-29-30-31-32-33-34-35-36-37-38-39-40-41-42-43-44-45-46-47-48-50-52-54-56-58-65(68)74-63(62-73-75(69,70)72-60-59-66(3,4)5)61-71-64(67)57-55-53-51-49-17-15-13-11-9-7-2/h8,10,14,16,19-20,22-23,25-26,28-29,31-32,34-35,37-38,63H,6-7,9,11-13,15,17-18,21,24,27,30,33,36,39-62H2,1-5H3/p+1/b10-8-,16-14-,20-19-,23-22-,26-25-,29-28-,32-31-,35-34-,38-37-. The Bertz CT molecular complexity index is 1630. The van der Waals surface area contributed by atoms with Gasteiger partial charge in [-0.2, -0.15) is 0 Å². The van der Waals surface area contributed by atoms with Gasteiger partial charge in [0.1, 0.15) is 19.8 Å². The lowest BCUT2D eigenvalue weighted by atomic mass is 10.0. The molecule has 0 rings (SSSR count). The molecule has 0 heterocycles. The Balaban J connectivity index is 3.98. The summed E-state index contributed by atoms with van der Waals surface area (Å²) in [5, 5.41) is 0. The lowest BCUT2D eigenvalue weighted by Gasteiger charge is -2.24. The molecule has 0 aliphatic heterocycles. The highest BCUT2D eigenvalue weighted by Crippen LogP contribution is 2.43. The zero-order valence-electron chi connectivity index (χ0n) is 48.7. The number of likely N-dealkylation sites (N-methyl/N-ethyl adjacent to an activating group) is 1. The second-order valence-corrected chi connectivity index (χ2v) is 22.5. The van der Waals surface area contributed by atoms with Gasteiger partial charge in [0.25, 0.3) is 0 Å². The maximum atomic E-state index is 12.8. The lowest BCUT2D eigenvalue weighted by molar-refractivity contribution is -0.870. The molecular formula is C65H113NO8P+. The highest BCUT2D eigenvalue weighted by atomic mass is 31.2. The van der Waals surface area contributed by atoms with Gasteiger partial charge in [-0.15, -0.1) is 0 Å². The predicted molar refractivity (Wildman–Crippen MR) is 321 cm³/mol. The summed E-state index contributed by atoms with van der Waals surface area (Å²) in [5.41, 5.74) is 0. The highest BCUT2D eigenvalue weighted by Gasteiger charge is 2.27. The van der Waals surface area contributed by atoms with Crippen molar-refractivity contribution in [3.8, 4) is 0 Å². The molecule has 0 fully saturated rings. The normalized spacial score (nSPS) is 14.1. The summed E-state index contributed by atoms with van der Waals surface area (Å²) in [7, 11) is 1.47. The Morgan fingerprint density at radius 3 is 1.13 bits per heavy atom. The molecule has 0 radical (unpaired) electrons. The van der Waals surface area contributed by atoms with E-state index in [1.807, 2.05) is 21.1 Å². The van der Waals surface area contributed by atoms with Gasteiger partial charge >= 0.3 is 19.8 Å². The number of carbonyl (C=O) groups excluding carboxylic acids is 2. The summed E-state index contributed by atoms with van der Waals surface area (Å²) in [6.07, 6.45) is 77.6. The molecule has 0 amide bonds. The van der Waals surface area contributed by atoms with Crippen LogP contribution in [0, 0.1) is 0 Å². The summed E-state index contributed by atoms with van der Waals surface area (Å²) >= 11 is 0. The number of allylic oxidation sites excluding steroid dienone is 18. The van der Waals surface area contributed by atoms with Crippen LogP contribution in [0.25, 0.3) is 0 Å². The third-order valence-corrected chi connectivity index (χ3v) is 13.6. The first-order valence-electron chi connectivity index (χ1n) is 30.1. The topological polar surface area (TPSA) is 108 Å². The molecule has 2 unspecified atom stereocenters. The van der Waals surface area contributed by atoms with Crippen LogP contribution in [0.4, 0.5) is 0 Å². The molecule has 2 atom stereocenters. The largest absolute Gasteiger partial charge is 0.472 e. The molecule has 0 spiro atoms. The first-order valence-corrected chi connectivity index (χ1v) is 31.6. The summed E-state index contributed by atoms with van der Waals surface area (Å²) in [4.78, 5) is 35.5. The maximum Gasteiger partial charge on any atom is 0.472 e. The molecular weight excluding hydrogens is 954 g/mol. The fourth-order valence-corrected chi connectivity index (χ4v) is 8.69. The fraction of sp³-hybridized carbons (Fsp3) is 0.692. The molecule has 0 bridgehead atoms. The number of ether oxygens (including phenoxy) is 2. The van der Waals surface area contributed by atoms with E-state index >= 15 is 0 Å². The van der Waals surface area contributed by atoms with Crippen molar-refractivity contribution in [1.29, 1.82) is 0 Å². The van der Waals surface area contributed by atoms with Crippen molar-refractivity contribution < 1.29 is 42.1 Å². The predicted octanol–water partition coefficient (Wildman–Crippen LogP) is 19.0. The number of esters is 2. The van der Waals surface area contributed by atoms with Gasteiger partial charge in [-0.25, -0.2) is 4.57 Å². The minimum Gasteiger partial charge on any atom is -0.462 e. The van der Waals surface area contributed by atoms with Crippen LogP contribution in [0.3, 0.4) is 0 Å². The van der Waals surface area contributed by atoms with Gasteiger partial charge in [0.15, 0.2) is 6.10 Å².